The van der Waals surface area contributed by atoms with Crippen LogP contribution in [0, 0.1) is 6.92 Å². The Morgan fingerprint density at radius 3 is 2.67 bits per heavy atom. The van der Waals surface area contributed by atoms with Gasteiger partial charge >= 0.3 is 0 Å². The van der Waals surface area contributed by atoms with E-state index >= 15 is 0 Å². The summed E-state index contributed by atoms with van der Waals surface area (Å²) in [6.07, 6.45) is 0.286. The van der Waals surface area contributed by atoms with Gasteiger partial charge in [0.2, 0.25) is 0 Å². The molecule has 1 heterocycles. The van der Waals surface area contributed by atoms with Crippen molar-refractivity contribution in [1.82, 2.24) is 0 Å². The minimum atomic E-state index is 0.286. The van der Waals surface area contributed by atoms with E-state index in [1.54, 1.807) is 0 Å². The van der Waals surface area contributed by atoms with Crippen LogP contribution in [0.25, 0.3) is 11.1 Å². The summed E-state index contributed by atoms with van der Waals surface area (Å²) in [6.45, 7) is 3.55. The van der Waals surface area contributed by atoms with Crippen molar-refractivity contribution in [3.63, 3.8) is 0 Å². The van der Waals surface area contributed by atoms with Gasteiger partial charge in [0, 0.05) is 5.56 Å². The molecule has 0 amide bonds. The highest BCUT2D eigenvalue weighted by Crippen LogP contribution is 2.31. The number of hydrogen-bond acceptors (Lipinski definition) is 2. The van der Waals surface area contributed by atoms with Crippen LogP contribution in [-0.2, 0) is 4.74 Å². The molecule has 0 unspecified atom stereocenters. The number of ether oxygens (including phenoxy) is 2. The summed E-state index contributed by atoms with van der Waals surface area (Å²) in [5, 5.41) is 0. The standard InChI is InChI=1S/C16H16O2/c1-12-7-8-15(13-5-3-2-4-6-13)16(9-12)18-11-14-10-17-14/h2-9,14H,10-11H2,1H3/t14-/m0/s1. The summed E-state index contributed by atoms with van der Waals surface area (Å²) in [4.78, 5) is 0. The first-order valence-corrected chi connectivity index (χ1v) is 6.23. The van der Waals surface area contributed by atoms with Crippen LogP contribution in [0.15, 0.2) is 48.5 Å². The quantitative estimate of drug-likeness (QED) is 0.764. The van der Waals surface area contributed by atoms with Gasteiger partial charge in [0.15, 0.2) is 0 Å². The molecule has 0 bridgehead atoms. The van der Waals surface area contributed by atoms with Gasteiger partial charge in [0.25, 0.3) is 0 Å². The van der Waals surface area contributed by atoms with Crippen molar-refractivity contribution < 1.29 is 9.47 Å². The second-order valence-electron chi connectivity index (χ2n) is 4.63. The Kier molecular flexibility index (Phi) is 3.03. The second-order valence-corrected chi connectivity index (χ2v) is 4.63. The zero-order valence-corrected chi connectivity index (χ0v) is 10.4. The summed E-state index contributed by atoms with van der Waals surface area (Å²) in [5.74, 6) is 0.941. The van der Waals surface area contributed by atoms with Crippen LogP contribution in [0.5, 0.6) is 5.75 Å². The average molecular weight is 240 g/mol. The fourth-order valence-corrected chi connectivity index (χ4v) is 1.95. The van der Waals surface area contributed by atoms with Crippen LogP contribution in [-0.4, -0.2) is 19.3 Å². The summed E-state index contributed by atoms with van der Waals surface area (Å²) in [5.41, 5.74) is 3.53. The third kappa shape index (κ3) is 2.54. The highest BCUT2D eigenvalue weighted by atomic mass is 16.6. The van der Waals surface area contributed by atoms with Gasteiger partial charge in [-0.15, -0.1) is 0 Å². The highest BCUT2D eigenvalue weighted by molar-refractivity contribution is 5.70. The Labute approximate surface area is 107 Å². The smallest absolute Gasteiger partial charge is 0.127 e. The number of benzene rings is 2. The van der Waals surface area contributed by atoms with E-state index in [1.807, 2.05) is 18.2 Å². The Hall–Kier alpha value is -1.80. The van der Waals surface area contributed by atoms with Crippen LogP contribution in [0.1, 0.15) is 5.56 Å². The average Bonchev–Trinajstić information content (AvgIpc) is 3.21. The van der Waals surface area contributed by atoms with Crippen molar-refractivity contribution in [2.24, 2.45) is 0 Å². The molecule has 2 aromatic rings. The molecule has 0 spiro atoms. The minimum Gasteiger partial charge on any atom is -0.490 e. The zero-order chi connectivity index (χ0) is 12.4. The van der Waals surface area contributed by atoms with E-state index in [-0.39, 0.29) is 6.10 Å². The molecule has 18 heavy (non-hydrogen) atoms. The second kappa shape index (κ2) is 4.83. The van der Waals surface area contributed by atoms with E-state index in [0.29, 0.717) is 6.61 Å². The topological polar surface area (TPSA) is 21.8 Å². The van der Waals surface area contributed by atoms with Gasteiger partial charge in [-0.2, -0.15) is 0 Å². The predicted octanol–water partition coefficient (Wildman–Crippen LogP) is 3.44. The molecule has 2 aromatic carbocycles. The maximum Gasteiger partial charge on any atom is 0.127 e. The highest BCUT2D eigenvalue weighted by Gasteiger charge is 2.23. The maximum atomic E-state index is 5.87. The third-order valence-electron chi connectivity index (χ3n) is 3.05. The van der Waals surface area contributed by atoms with Gasteiger partial charge < -0.3 is 9.47 Å². The summed E-state index contributed by atoms with van der Waals surface area (Å²) >= 11 is 0. The van der Waals surface area contributed by atoms with E-state index in [9.17, 15) is 0 Å². The van der Waals surface area contributed by atoms with Crippen molar-refractivity contribution in [3.8, 4) is 16.9 Å². The Morgan fingerprint density at radius 1 is 1.17 bits per heavy atom. The molecule has 92 valence electrons. The molecular formula is C16H16O2. The van der Waals surface area contributed by atoms with E-state index in [1.165, 1.54) is 11.1 Å². The first-order valence-electron chi connectivity index (χ1n) is 6.23. The molecule has 1 saturated heterocycles. The van der Waals surface area contributed by atoms with Gasteiger partial charge in [0.05, 0.1) is 6.61 Å². The first-order chi connectivity index (χ1) is 8.83. The Balaban J connectivity index is 1.91. The van der Waals surface area contributed by atoms with Crippen LogP contribution in [0.4, 0.5) is 0 Å². The molecule has 0 radical (unpaired) electrons. The van der Waals surface area contributed by atoms with Gasteiger partial charge in [-0.25, -0.2) is 0 Å². The van der Waals surface area contributed by atoms with Crippen molar-refractivity contribution in [3.05, 3.63) is 54.1 Å². The predicted molar refractivity (Wildman–Crippen MR) is 71.9 cm³/mol. The van der Waals surface area contributed by atoms with E-state index in [2.05, 4.69) is 37.3 Å². The molecule has 0 aromatic heterocycles. The summed E-state index contributed by atoms with van der Waals surface area (Å²) in [6, 6.07) is 16.6. The number of epoxide rings is 1. The summed E-state index contributed by atoms with van der Waals surface area (Å²) in [7, 11) is 0. The van der Waals surface area contributed by atoms with Gasteiger partial charge in [0.1, 0.15) is 18.5 Å². The van der Waals surface area contributed by atoms with Crippen LogP contribution in [0.3, 0.4) is 0 Å². The third-order valence-corrected chi connectivity index (χ3v) is 3.05. The monoisotopic (exact) mass is 240 g/mol. The molecule has 1 aliphatic heterocycles. The lowest BCUT2D eigenvalue weighted by atomic mass is 10.0. The molecule has 1 aliphatic rings. The molecule has 0 aliphatic carbocycles. The lowest BCUT2D eigenvalue weighted by Gasteiger charge is -2.12. The van der Waals surface area contributed by atoms with E-state index < -0.39 is 0 Å². The first kappa shape index (κ1) is 11.3. The normalized spacial score (nSPS) is 17.5. The zero-order valence-electron chi connectivity index (χ0n) is 10.4. The Bertz CT molecular complexity index is 530. The van der Waals surface area contributed by atoms with E-state index in [4.69, 9.17) is 9.47 Å². The maximum absolute atomic E-state index is 5.87. The molecule has 0 N–H and O–H groups in total. The minimum absolute atomic E-state index is 0.286. The fourth-order valence-electron chi connectivity index (χ4n) is 1.95. The van der Waals surface area contributed by atoms with Gasteiger partial charge in [-0.05, 0) is 24.1 Å². The number of aryl methyl sites for hydroxylation is 1. The van der Waals surface area contributed by atoms with Crippen LogP contribution in [0.2, 0.25) is 0 Å². The molecule has 2 nitrogen and oxygen atoms in total. The largest absolute Gasteiger partial charge is 0.490 e. The molecule has 0 saturated carbocycles. The molecular weight excluding hydrogens is 224 g/mol. The van der Waals surface area contributed by atoms with E-state index in [0.717, 1.165) is 17.9 Å². The van der Waals surface area contributed by atoms with Crippen LogP contribution < -0.4 is 4.74 Å². The summed E-state index contributed by atoms with van der Waals surface area (Å²) < 4.78 is 11.1. The Morgan fingerprint density at radius 2 is 1.94 bits per heavy atom. The van der Waals surface area contributed by atoms with Crippen molar-refractivity contribution in [2.75, 3.05) is 13.2 Å². The molecule has 2 heteroatoms. The molecule has 1 atom stereocenters. The molecule has 3 rings (SSSR count). The van der Waals surface area contributed by atoms with Gasteiger partial charge in [-0.3, -0.25) is 0 Å². The number of rotatable bonds is 4. The lowest BCUT2D eigenvalue weighted by Crippen LogP contribution is -2.05. The SMILES string of the molecule is Cc1ccc(-c2ccccc2)c(OC[C@@H]2CO2)c1. The van der Waals surface area contributed by atoms with Crippen molar-refractivity contribution in [1.29, 1.82) is 0 Å². The number of hydrogen-bond donors (Lipinski definition) is 0. The molecule has 1 fully saturated rings. The van der Waals surface area contributed by atoms with Gasteiger partial charge in [-0.1, -0.05) is 42.5 Å². The van der Waals surface area contributed by atoms with Crippen molar-refractivity contribution >= 4 is 0 Å². The van der Waals surface area contributed by atoms with Crippen LogP contribution >= 0.6 is 0 Å². The lowest BCUT2D eigenvalue weighted by molar-refractivity contribution is 0.264. The fraction of sp³-hybridized carbons (Fsp3) is 0.250. The van der Waals surface area contributed by atoms with Crippen molar-refractivity contribution in [2.45, 2.75) is 13.0 Å².